The number of hydrogen-bond donors (Lipinski definition) is 1. The Morgan fingerprint density at radius 1 is 1.31 bits per heavy atom. The maximum absolute atomic E-state index is 12.1. The summed E-state index contributed by atoms with van der Waals surface area (Å²) in [6.45, 7) is 3.42. The predicted octanol–water partition coefficient (Wildman–Crippen LogP) is 2.93. The van der Waals surface area contributed by atoms with E-state index in [-0.39, 0.29) is 5.69 Å². The maximum atomic E-state index is 12.1. The van der Waals surface area contributed by atoms with Crippen molar-refractivity contribution in [3.8, 4) is 0 Å². The van der Waals surface area contributed by atoms with Gasteiger partial charge in [-0.25, -0.2) is 0 Å². The van der Waals surface area contributed by atoms with Crippen LogP contribution in [0.25, 0.3) is 6.08 Å². The standard InChI is InChI=1S/C9H8F3N/c1-2-6-3-4-7(5-8(6)13)9(10,11)12/h2-5H,1,13H2. The van der Waals surface area contributed by atoms with Gasteiger partial charge in [0.25, 0.3) is 0 Å². The fourth-order valence-corrected chi connectivity index (χ4v) is 0.937. The molecule has 70 valence electrons. The zero-order valence-electron chi connectivity index (χ0n) is 6.73. The summed E-state index contributed by atoms with van der Waals surface area (Å²) in [7, 11) is 0. The van der Waals surface area contributed by atoms with Gasteiger partial charge in [0, 0.05) is 5.69 Å². The Balaban J connectivity index is 3.17. The first-order valence-corrected chi connectivity index (χ1v) is 3.54. The molecule has 0 aromatic heterocycles. The van der Waals surface area contributed by atoms with Crippen molar-refractivity contribution in [2.75, 3.05) is 5.73 Å². The molecule has 1 aromatic carbocycles. The van der Waals surface area contributed by atoms with Crippen LogP contribution < -0.4 is 5.73 Å². The molecule has 0 fully saturated rings. The van der Waals surface area contributed by atoms with Gasteiger partial charge in [-0.3, -0.25) is 0 Å². The minimum Gasteiger partial charge on any atom is -0.398 e. The molecule has 4 heteroatoms. The summed E-state index contributed by atoms with van der Waals surface area (Å²) in [5, 5.41) is 0. The Hall–Kier alpha value is -1.45. The summed E-state index contributed by atoms with van der Waals surface area (Å²) in [4.78, 5) is 0. The fraction of sp³-hybridized carbons (Fsp3) is 0.111. The van der Waals surface area contributed by atoms with Crippen molar-refractivity contribution in [1.29, 1.82) is 0 Å². The van der Waals surface area contributed by atoms with Gasteiger partial charge in [0.2, 0.25) is 0 Å². The predicted molar refractivity (Wildman–Crippen MR) is 45.9 cm³/mol. The average molecular weight is 187 g/mol. The van der Waals surface area contributed by atoms with Crippen LogP contribution in [-0.4, -0.2) is 0 Å². The van der Waals surface area contributed by atoms with Gasteiger partial charge >= 0.3 is 6.18 Å². The van der Waals surface area contributed by atoms with Crippen LogP contribution >= 0.6 is 0 Å². The first-order chi connectivity index (χ1) is 5.95. The first-order valence-electron chi connectivity index (χ1n) is 3.54. The molecule has 0 aliphatic rings. The second-order valence-electron chi connectivity index (χ2n) is 2.55. The van der Waals surface area contributed by atoms with E-state index in [2.05, 4.69) is 6.58 Å². The molecule has 0 spiro atoms. The van der Waals surface area contributed by atoms with E-state index < -0.39 is 11.7 Å². The molecule has 0 bridgehead atoms. The number of nitrogen functional groups attached to an aromatic ring is 1. The summed E-state index contributed by atoms with van der Waals surface area (Å²) >= 11 is 0. The first kappa shape index (κ1) is 9.64. The molecule has 1 nitrogen and oxygen atoms in total. The van der Waals surface area contributed by atoms with Crippen molar-refractivity contribution in [2.24, 2.45) is 0 Å². The van der Waals surface area contributed by atoms with E-state index in [1.807, 2.05) is 0 Å². The number of rotatable bonds is 1. The highest BCUT2D eigenvalue weighted by atomic mass is 19.4. The van der Waals surface area contributed by atoms with Gasteiger partial charge in [0.15, 0.2) is 0 Å². The van der Waals surface area contributed by atoms with E-state index in [1.165, 1.54) is 12.1 Å². The van der Waals surface area contributed by atoms with Crippen molar-refractivity contribution in [1.82, 2.24) is 0 Å². The van der Waals surface area contributed by atoms with Crippen LogP contribution in [0.1, 0.15) is 11.1 Å². The minimum atomic E-state index is -4.34. The van der Waals surface area contributed by atoms with Crippen LogP contribution in [0, 0.1) is 0 Å². The SMILES string of the molecule is C=Cc1ccc(C(F)(F)F)cc1N. The Labute approximate surface area is 73.7 Å². The molecular formula is C9H8F3N. The van der Waals surface area contributed by atoms with E-state index >= 15 is 0 Å². The van der Waals surface area contributed by atoms with Gasteiger partial charge in [-0.2, -0.15) is 13.2 Å². The van der Waals surface area contributed by atoms with Gasteiger partial charge in [0.1, 0.15) is 0 Å². The number of benzene rings is 1. The van der Waals surface area contributed by atoms with Crippen LogP contribution in [-0.2, 0) is 6.18 Å². The molecule has 0 unspecified atom stereocenters. The molecule has 0 aliphatic carbocycles. The lowest BCUT2D eigenvalue weighted by atomic mass is 10.1. The molecule has 0 aliphatic heterocycles. The summed E-state index contributed by atoms with van der Waals surface area (Å²) in [5.74, 6) is 0. The average Bonchev–Trinajstić information content (AvgIpc) is 2.02. The maximum Gasteiger partial charge on any atom is 0.416 e. The molecule has 0 heterocycles. The Kier molecular flexibility index (Phi) is 2.32. The van der Waals surface area contributed by atoms with Gasteiger partial charge in [-0.15, -0.1) is 0 Å². The normalized spacial score (nSPS) is 11.3. The zero-order valence-corrected chi connectivity index (χ0v) is 6.73. The molecule has 1 rings (SSSR count). The molecule has 0 saturated heterocycles. The van der Waals surface area contributed by atoms with Crippen LogP contribution in [0.15, 0.2) is 24.8 Å². The van der Waals surface area contributed by atoms with E-state index in [4.69, 9.17) is 5.73 Å². The van der Waals surface area contributed by atoms with Crippen molar-refractivity contribution in [3.63, 3.8) is 0 Å². The third-order valence-corrected chi connectivity index (χ3v) is 1.63. The molecule has 13 heavy (non-hydrogen) atoms. The lowest BCUT2D eigenvalue weighted by molar-refractivity contribution is -0.137. The highest BCUT2D eigenvalue weighted by Crippen LogP contribution is 2.31. The second-order valence-corrected chi connectivity index (χ2v) is 2.55. The quantitative estimate of drug-likeness (QED) is 0.672. The van der Waals surface area contributed by atoms with Gasteiger partial charge in [-0.1, -0.05) is 18.7 Å². The van der Waals surface area contributed by atoms with E-state index in [1.54, 1.807) is 0 Å². The summed E-state index contributed by atoms with van der Waals surface area (Å²) in [5.41, 5.74) is 5.21. The van der Waals surface area contributed by atoms with Crippen molar-refractivity contribution < 1.29 is 13.2 Å². The van der Waals surface area contributed by atoms with Crippen molar-refractivity contribution in [2.45, 2.75) is 6.18 Å². The molecule has 0 atom stereocenters. The van der Waals surface area contributed by atoms with Crippen LogP contribution in [0.2, 0.25) is 0 Å². The Morgan fingerprint density at radius 3 is 2.31 bits per heavy atom. The third kappa shape index (κ3) is 2.02. The molecule has 1 aromatic rings. The highest BCUT2D eigenvalue weighted by Gasteiger charge is 2.30. The molecule has 0 amide bonds. The van der Waals surface area contributed by atoms with Crippen LogP contribution in [0.3, 0.4) is 0 Å². The molecule has 0 radical (unpaired) electrons. The number of halogens is 3. The monoisotopic (exact) mass is 187 g/mol. The van der Waals surface area contributed by atoms with Gasteiger partial charge in [0.05, 0.1) is 5.56 Å². The van der Waals surface area contributed by atoms with Gasteiger partial charge in [-0.05, 0) is 17.7 Å². The molecular weight excluding hydrogens is 179 g/mol. The lowest BCUT2D eigenvalue weighted by Gasteiger charge is -2.08. The number of anilines is 1. The van der Waals surface area contributed by atoms with Crippen LogP contribution in [0.5, 0.6) is 0 Å². The minimum absolute atomic E-state index is 0.0878. The lowest BCUT2D eigenvalue weighted by Crippen LogP contribution is -2.05. The van der Waals surface area contributed by atoms with E-state index in [0.717, 1.165) is 12.1 Å². The summed E-state index contributed by atoms with van der Waals surface area (Å²) < 4.78 is 36.4. The number of hydrogen-bond acceptors (Lipinski definition) is 1. The third-order valence-electron chi connectivity index (χ3n) is 1.63. The van der Waals surface area contributed by atoms with Crippen molar-refractivity contribution in [3.05, 3.63) is 35.9 Å². The molecule has 2 N–H and O–H groups in total. The van der Waals surface area contributed by atoms with Crippen LogP contribution in [0.4, 0.5) is 18.9 Å². The van der Waals surface area contributed by atoms with E-state index in [9.17, 15) is 13.2 Å². The second kappa shape index (κ2) is 3.12. The van der Waals surface area contributed by atoms with E-state index in [0.29, 0.717) is 5.56 Å². The zero-order chi connectivity index (χ0) is 10.1. The Morgan fingerprint density at radius 2 is 1.92 bits per heavy atom. The number of nitrogens with two attached hydrogens (primary N) is 1. The largest absolute Gasteiger partial charge is 0.416 e. The topological polar surface area (TPSA) is 26.0 Å². The fourth-order valence-electron chi connectivity index (χ4n) is 0.937. The Bertz CT molecular complexity index is 328. The smallest absolute Gasteiger partial charge is 0.398 e. The summed E-state index contributed by atoms with van der Waals surface area (Å²) in [6, 6.07) is 3.18. The number of alkyl halides is 3. The highest BCUT2D eigenvalue weighted by molar-refractivity contribution is 5.64. The van der Waals surface area contributed by atoms with Gasteiger partial charge < -0.3 is 5.73 Å². The molecule has 0 saturated carbocycles. The summed E-state index contributed by atoms with van der Waals surface area (Å²) in [6.07, 6.45) is -2.93. The van der Waals surface area contributed by atoms with Crippen molar-refractivity contribution >= 4 is 11.8 Å².